The maximum absolute atomic E-state index is 12.9. The highest BCUT2D eigenvalue weighted by molar-refractivity contribution is 6.38. The van der Waals surface area contributed by atoms with Crippen molar-refractivity contribution in [1.82, 2.24) is 0 Å². The lowest BCUT2D eigenvalue weighted by atomic mass is 10.1. The number of nitrogen functional groups attached to an aromatic ring is 1. The Morgan fingerprint density at radius 2 is 2.15 bits per heavy atom. The largest absolute Gasteiger partial charge is 0.396 e. The number of anilines is 1. The third-order valence-electron chi connectivity index (χ3n) is 1.54. The summed E-state index contributed by atoms with van der Waals surface area (Å²) < 4.78 is 12.9. The zero-order valence-electron chi connectivity index (χ0n) is 6.48. The third-order valence-corrected chi connectivity index (χ3v) is 2.10. The fourth-order valence-electron chi connectivity index (χ4n) is 0.918. The second-order valence-electron chi connectivity index (χ2n) is 2.37. The topological polar surface area (TPSA) is 43.1 Å². The summed E-state index contributed by atoms with van der Waals surface area (Å²) in [6.07, 6.45) is 0. The predicted octanol–water partition coefficient (Wildman–Crippen LogP) is 2.48. The van der Waals surface area contributed by atoms with Gasteiger partial charge < -0.3 is 5.73 Å². The maximum atomic E-state index is 12.9. The van der Waals surface area contributed by atoms with Gasteiger partial charge in [-0.15, -0.1) is 11.6 Å². The molecule has 13 heavy (non-hydrogen) atoms. The Balaban J connectivity index is 3.33. The highest BCUT2D eigenvalue weighted by atomic mass is 35.5. The van der Waals surface area contributed by atoms with Gasteiger partial charge in [-0.1, -0.05) is 11.6 Å². The summed E-state index contributed by atoms with van der Waals surface area (Å²) in [5.41, 5.74) is 5.02. The van der Waals surface area contributed by atoms with Gasteiger partial charge in [-0.25, -0.2) is 4.39 Å². The molecule has 0 aliphatic rings. The van der Waals surface area contributed by atoms with Crippen molar-refractivity contribution in [1.29, 1.82) is 0 Å². The van der Waals surface area contributed by atoms with Crippen LogP contribution in [-0.4, -0.2) is 11.7 Å². The predicted molar refractivity (Wildman–Crippen MR) is 50.9 cm³/mol. The van der Waals surface area contributed by atoms with Crippen LogP contribution < -0.4 is 5.73 Å². The SMILES string of the molecule is Nc1c(F)ccc(Cl)c1C(=O)CCl. The van der Waals surface area contributed by atoms with Gasteiger partial charge in [-0.05, 0) is 12.1 Å². The van der Waals surface area contributed by atoms with Crippen molar-refractivity contribution in [2.45, 2.75) is 0 Å². The van der Waals surface area contributed by atoms with Crippen LogP contribution in [0.15, 0.2) is 12.1 Å². The number of carbonyl (C=O) groups excluding carboxylic acids is 1. The molecule has 2 N–H and O–H groups in total. The van der Waals surface area contributed by atoms with E-state index in [0.29, 0.717) is 0 Å². The van der Waals surface area contributed by atoms with Gasteiger partial charge in [0.25, 0.3) is 0 Å². The molecule has 1 aromatic carbocycles. The first-order chi connectivity index (χ1) is 6.07. The molecule has 0 heterocycles. The smallest absolute Gasteiger partial charge is 0.181 e. The van der Waals surface area contributed by atoms with Crippen LogP contribution >= 0.6 is 23.2 Å². The summed E-state index contributed by atoms with van der Waals surface area (Å²) in [7, 11) is 0. The van der Waals surface area contributed by atoms with Crippen LogP contribution in [0.5, 0.6) is 0 Å². The van der Waals surface area contributed by atoms with Crippen molar-refractivity contribution < 1.29 is 9.18 Å². The summed E-state index contributed by atoms with van der Waals surface area (Å²) in [6.45, 7) is 0. The van der Waals surface area contributed by atoms with E-state index in [2.05, 4.69) is 0 Å². The van der Waals surface area contributed by atoms with E-state index in [-0.39, 0.29) is 22.2 Å². The van der Waals surface area contributed by atoms with E-state index in [0.717, 1.165) is 6.07 Å². The van der Waals surface area contributed by atoms with Gasteiger partial charge in [0, 0.05) is 0 Å². The van der Waals surface area contributed by atoms with Crippen LogP contribution in [0, 0.1) is 5.82 Å². The molecule has 0 saturated carbocycles. The van der Waals surface area contributed by atoms with E-state index in [1.165, 1.54) is 6.07 Å². The number of rotatable bonds is 2. The van der Waals surface area contributed by atoms with Crippen LogP contribution in [0.4, 0.5) is 10.1 Å². The van der Waals surface area contributed by atoms with E-state index < -0.39 is 11.6 Å². The Hall–Kier alpha value is -0.800. The maximum Gasteiger partial charge on any atom is 0.181 e. The van der Waals surface area contributed by atoms with Gasteiger partial charge in [0.15, 0.2) is 5.78 Å². The first-order valence-corrected chi connectivity index (χ1v) is 4.31. The van der Waals surface area contributed by atoms with Crippen molar-refractivity contribution in [2.24, 2.45) is 0 Å². The molecule has 5 heteroatoms. The van der Waals surface area contributed by atoms with Crippen LogP contribution in [0.25, 0.3) is 0 Å². The van der Waals surface area contributed by atoms with E-state index in [1.807, 2.05) is 0 Å². The Kier molecular flexibility index (Phi) is 3.12. The first kappa shape index (κ1) is 10.3. The van der Waals surface area contributed by atoms with Gasteiger partial charge in [-0.3, -0.25) is 4.79 Å². The molecule has 0 bridgehead atoms. The average molecular weight is 222 g/mol. The fraction of sp³-hybridized carbons (Fsp3) is 0.125. The molecule has 2 nitrogen and oxygen atoms in total. The van der Waals surface area contributed by atoms with E-state index in [9.17, 15) is 9.18 Å². The van der Waals surface area contributed by atoms with Gasteiger partial charge in [-0.2, -0.15) is 0 Å². The van der Waals surface area contributed by atoms with Crippen molar-refractivity contribution in [3.05, 3.63) is 28.5 Å². The second kappa shape index (κ2) is 3.94. The quantitative estimate of drug-likeness (QED) is 0.474. The summed E-state index contributed by atoms with van der Waals surface area (Å²) in [6, 6.07) is 2.37. The molecule has 0 unspecified atom stereocenters. The number of Topliss-reactive ketones (excluding diaryl/α,β-unsaturated/α-hetero) is 1. The molecular formula is C8H6Cl2FNO. The average Bonchev–Trinajstić information content (AvgIpc) is 2.12. The molecule has 0 amide bonds. The first-order valence-electron chi connectivity index (χ1n) is 3.40. The minimum absolute atomic E-state index is 0.0448. The van der Waals surface area contributed by atoms with Crippen LogP contribution in [0.3, 0.4) is 0 Å². The summed E-state index contributed by atoms with van der Waals surface area (Å²) in [5, 5.41) is 0.115. The number of benzene rings is 1. The fourth-order valence-corrected chi connectivity index (χ4v) is 1.32. The molecule has 70 valence electrons. The normalized spacial score (nSPS) is 10.1. The van der Waals surface area contributed by atoms with Gasteiger partial charge >= 0.3 is 0 Å². The third kappa shape index (κ3) is 1.92. The summed E-state index contributed by atoms with van der Waals surface area (Å²) >= 11 is 10.9. The lowest BCUT2D eigenvalue weighted by molar-refractivity contribution is 0.102. The Bertz CT molecular complexity index is 354. The Morgan fingerprint density at radius 3 is 2.69 bits per heavy atom. The number of halogens is 3. The lowest BCUT2D eigenvalue weighted by Gasteiger charge is -2.05. The second-order valence-corrected chi connectivity index (χ2v) is 3.05. The number of nitrogens with two attached hydrogens (primary N) is 1. The molecule has 0 aliphatic carbocycles. The van der Waals surface area contributed by atoms with Crippen LogP contribution in [-0.2, 0) is 0 Å². The zero-order chi connectivity index (χ0) is 10.0. The van der Waals surface area contributed by atoms with E-state index in [1.54, 1.807) is 0 Å². The van der Waals surface area contributed by atoms with E-state index in [4.69, 9.17) is 28.9 Å². The highest BCUT2D eigenvalue weighted by Crippen LogP contribution is 2.25. The van der Waals surface area contributed by atoms with Crippen LogP contribution in [0.1, 0.15) is 10.4 Å². The molecule has 0 atom stereocenters. The molecule has 0 aromatic heterocycles. The number of ketones is 1. The molecule has 0 radical (unpaired) electrons. The minimum atomic E-state index is -0.669. The zero-order valence-corrected chi connectivity index (χ0v) is 7.99. The van der Waals surface area contributed by atoms with Crippen LogP contribution in [0.2, 0.25) is 5.02 Å². The van der Waals surface area contributed by atoms with Crippen molar-refractivity contribution in [3.63, 3.8) is 0 Å². The lowest BCUT2D eigenvalue weighted by Crippen LogP contribution is -2.07. The molecule has 0 aliphatic heterocycles. The number of carbonyl (C=O) groups is 1. The minimum Gasteiger partial charge on any atom is -0.396 e. The van der Waals surface area contributed by atoms with Gasteiger partial charge in [0.2, 0.25) is 0 Å². The van der Waals surface area contributed by atoms with Gasteiger partial charge in [0.05, 0.1) is 22.2 Å². The summed E-state index contributed by atoms with van der Waals surface area (Å²) in [4.78, 5) is 11.1. The molecular weight excluding hydrogens is 216 g/mol. The molecule has 1 rings (SSSR count). The number of alkyl halides is 1. The van der Waals surface area contributed by atoms with Gasteiger partial charge in [0.1, 0.15) is 5.82 Å². The standard InChI is InChI=1S/C8H6Cl2FNO/c9-3-6(13)7-4(10)1-2-5(11)8(7)12/h1-2H,3,12H2. The Labute approximate surface area is 84.4 Å². The molecule has 0 fully saturated rings. The molecule has 0 spiro atoms. The number of hydrogen-bond donors (Lipinski definition) is 1. The number of hydrogen-bond acceptors (Lipinski definition) is 2. The highest BCUT2D eigenvalue weighted by Gasteiger charge is 2.15. The Morgan fingerprint density at radius 1 is 1.54 bits per heavy atom. The van der Waals surface area contributed by atoms with Crippen molar-refractivity contribution >= 4 is 34.7 Å². The monoisotopic (exact) mass is 221 g/mol. The van der Waals surface area contributed by atoms with Crippen molar-refractivity contribution in [2.75, 3.05) is 11.6 Å². The molecule has 0 saturated heterocycles. The summed E-state index contributed by atoms with van der Waals surface area (Å²) in [5.74, 6) is -1.42. The van der Waals surface area contributed by atoms with E-state index >= 15 is 0 Å². The van der Waals surface area contributed by atoms with Crippen molar-refractivity contribution in [3.8, 4) is 0 Å². The molecule has 1 aromatic rings.